The molecule has 1 atom stereocenters. The van der Waals surface area contributed by atoms with Crippen LogP contribution in [0.15, 0.2) is 24.3 Å². The zero-order valence-electron chi connectivity index (χ0n) is 8.57. The van der Waals surface area contributed by atoms with Crippen molar-refractivity contribution in [1.29, 1.82) is 0 Å². The highest BCUT2D eigenvalue weighted by Crippen LogP contribution is 2.15. The fraction of sp³-hybridized carbons (Fsp3) is 0.417. The van der Waals surface area contributed by atoms with Gasteiger partial charge in [-0.15, -0.1) is 0 Å². The lowest BCUT2D eigenvalue weighted by Gasteiger charge is -2.14. The van der Waals surface area contributed by atoms with E-state index >= 15 is 0 Å². The number of hydrogen-bond acceptors (Lipinski definition) is 1. The van der Waals surface area contributed by atoms with E-state index in [1.165, 1.54) is 0 Å². The molecule has 0 radical (unpaired) electrons. The second-order valence-corrected chi connectivity index (χ2v) is 3.79. The van der Waals surface area contributed by atoms with Gasteiger partial charge in [-0.25, -0.2) is 4.85 Å². The molecule has 0 saturated heterocycles. The Balaban J connectivity index is 2.65. The first kappa shape index (κ1) is 10.7. The van der Waals surface area contributed by atoms with E-state index in [9.17, 15) is 5.11 Å². The lowest BCUT2D eigenvalue weighted by atomic mass is 9.99. The van der Waals surface area contributed by atoms with Crippen LogP contribution in [-0.2, 0) is 6.42 Å². The van der Waals surface area contributed by atoms with E-state index in [0.717, 1.165) is 5.56 Å². The van der Waals surface area contributed by atoms with Gasteiger partial charge in [0.25, 0.3) is 0 Å². The van der Waals surface area contributed by atoms with E-state index in [-0.39, 0.29) is 12.0 Å². The van der Waals surface area contributed by atoms with Crippen molar-refractivity contribution in [3.05, 3.63) is 41.2 Å². The minimum Gasteiger partial charge on any atom is -0.393 e. The summed E-state index contributed by atoms with van der Waals surface area (Å²) in [5, 5.41) is 9.65. The molecule has 1 aromatic carbocycles. The van der Waals surface area contributed by atoms with Crippen LogP contribution in [0.2, 0.25) is 0 Å². The van der Waals surface area contributed by atoms with Crippen LogP contribution in [-0.4, -0.2) is 11.2 Å². The number of benzene rings is 1. The quantitative estimate of drug-likeness (QED) is 0.726. The van der Waals surface area contributed by atoms with Gasteiger partial charge >= 0.3 is 0 Å². The topological polar surface area (TPSA) is 24.6 Å². The highest BCUT2D eigenvalue weighted by molar-refractivity contribution is 5.45. The monoisotopic (exact) mass is 189 g/mol. The molecule has 0 aromatic heterocycles. The van der Waals surface area contributed by atoms with Gasteiger partial charge in [-0.2, -0.15) is 0 Å². The van der Waals surface area contributed by atoms with Gasteiger partial charge in [0.2, 0.25) is 0 Å². The summed E-state index contributed by atoms with van der Waals surface area (Å²) in [7, 11) is 0. The van der Waals surface area contributed by atoms with Gasteiger partial charge in [-0.3, -0.25) is 0 Å². The summed E-state index contributed by atoms with van der Waals surface area (Å²) in [6.07, 6.45) is 0.365. The van der Waals surface area contributed by atoms with Crippen molar-refractivity contribution in [2.75, 3.05) is 0 Å². The smallest absolute Gasteiger partial charge is 0.187 e. The molecule has 0 saturated carbocycles. The van der Waals surface area contributed by atoms with Crippen molar-refractivity contribution >= 4 is 5.69 Å². The second-order valence-electron chi connectivity index (χ2n) is 3.79. The molecule has 0 spiro atoms. The van der Waals surface area contributed by atoms with Gasteiger partial charge in [0, 0.05) is 0 Å². The summed E-state index contributed by atoms with van der Waals surface area (Å²) in [5.41, 5.74) is 1.73. The first-order valence-electron chi connectivity index (χ1n) is 4.78. The van der Waals surface area contributed by atoms with Gasteiger partial charge in [0.15, 0.2) is 5.69 Å². The summed E-state index contributed by atoms with van der Waals surface area (Å²) in [6.45, 7) is 10.8. The van der Waals surface area contributed by atoms with Crippen LogP contribution in [0.25, 0.3) is 4.85 Å². The van der Waals surface area contributed by atoms with Crippen molar-refractivity contribution in [3.8, 4) is 0 Å². The van der Waals surface area contributed by atoms with Crippen molar-refractivity contribution in [1.82, 2.24) is 0 Å². The van der Waals surface area contributed by atoms with Gasteiger partial charge < -0.3 is 5.11 Å². The minimum atomic E-state index is -0.297. The lowest BCUT2D eigenvalue weighted by Crippen LogP contribution is -2.17. The van der Waals surface area contributed by atoms with E-state index in [1.807, 2.05) is 26.0 Å². The minimum absolute atomic E-state index is 0.274. The fourth-order valence-electron chi connectivity index (χ4n) is 1.18. The van der Waals surface area contributed by atoms with E-state index in [4.69, 9.17) is 6.57 Å². The molecule has 0 heterocycles. The molecule has 2 heteroatoms. The molecular weight excluding hydrogens is 174 g/mol. The Labute approximate surface area is 85.0 Å². The third kappa shape index (κ3) is 2.86. The molecular formula is C12H15NO. The SMILES string of the molecule is [C-]#[N+]c1ccc(C[C@@H](O)C(C)C)cc1. The number of aliphatic hydroxyl groups excluding tert-OH is 1. The van der Waals surface area contributed by atoms with Gasteiger partial charge in [0.05, 0.1) is 12.7 Å². The van der Waals surface area contributed by atoms with Gasteiger partial charge in [-0.1, -0.05) is 38.1 Å². The van der Waals surface area contributed by atoms with Crippen LogP contribution in [0.5, 0.6) is 0 Å². The molecule has 0 fully saturated rings. The van der Waals surface area contributed by atoms with Crippen molar-refractivity contribution in [2.45, 2.75) is 26.4 Å². The molecule has 0 bridgehead atoms. The van der Waals surface area contributed by atoms with E-state index in [1.54, 1.807) is 12.1 Å². The van der Waals surface area contributed by atoms with Crippen LogP contribution in [0.1, 0.15) is 19.4 Å². The predicted octanol–water partition coefficient (Wildman–Crippen LogP) is 2.80. The summed E-state index contributed by atoms with van der Waals surface area (Å²) in [5.74, 6) is 0.274. The Kier molecular flexibility index (Phi) is 3.67. The maximum absolute atomic E-state index is 9.65. The summed E-state index contributed by atoms with van der Waals surface area (Å²) >= 11 is 0. The highest BCUT2D eigenvalue weighted by atomic mass is 16.3. The maximum atomic E-state index is 9.65. The number of nitrogens with zero attached hydrogens (tertiary/aromatic N) is 1. The summed E-state index contributed by atoms with van der Waals surface area (Å²) < 4.78 is 0. The average molecular weight is 189 g/mol. The molecule has 14 heavy (non-hydrogen) atoms. The first-order chi connectivity index (χ1) is 6.63. The van der Waals surface area contributed by atoms with Crippen LogP contribution in [0.4, 0.5) is 5.69 Å². The van der Waals surface area contributed by atoms with E-state index in [2.05, 4.69) is 4.85 Å². The average Bonchev–Trinajstić information content (AvgIpc) is 2.19. The lowest BCUT2D eigenvalue weighted by molar-refractivity contribution is 0.126. The first-order valence-corrected chi connectivity index (χ1v) is 4.78. The molecule has 0 unspecified atom stereocenters. The molecule has 0 aliphatic heterocycles. The Morgan fingerprint density at radius 2 is 1.86 bits per heavy atom. The second kappa shape index (κ2) is 4.78. The number of aliphatic hydroxyl groups is 1. The Morgan fingerprint density at radius 3 is 2.29 bits per heavy atom. The van der Waals surface area contributed by atoms with Crippen molar-refractivity contribution < 1.29 is 5.11 Å². The van der Waals surface area contributed by atoms with Gasteiger partial charge in [-0.05, 0) is 17.9 Å². The molecule has 74 valence electrons. The largest absolute Gasteiger partial charge is 0.393 e. The Bertz CT molecular complexity index is 321. The van der Waals surface area contributed by atoms with Crippen molar-refractivity contribution in [2.24, 2.45) is 5.92 Å². The molecule has 1 aromatic rings. The van der Waals surface area contributed by atoms with Crippen LogP contribution in [0, 0.1) is 12.5 Å². The predicted molar refractivity (Wildman–Crippen MR) is 57.3 cm³/mol. The summed E-state index contributed by atoms with van der Waals surface area (Å²) in [6, 6.07) is 7.38. The molecule has 0 amide bonds. The zero-order valence-corrected chi connectivity index (χ0v) is 8.57. The number of hydrogen-bond donors (Lipinski definition) is 1. The highest BCUT2D eigenvalue weighted by Gasteiger charge is 2.09. The van der Waals surface area contributed by atoms with Crippen LogP contribution < -0.4 is 0 Å². The standard InChI is InChI=1S/C12H15NO/c1-9(2)12(14)8-10-4-6-11(13-3)7-5-10/h4-7,9,12,14H,8H2,1-2H3/t12-/m1/s1. The van der Waals surface area contributed by atoms with E-state index in [0.29, 0.717) is 12.1 Å². The molecule has 0 aliphatic rings. The number of rotatable bonds is 3. The van der Waals surface area contributed by atoms with Crippen LogP contribution in [0.3, 0.4) is 0 Å². The molecule has 1 rings (SSSR count). The normalized spacial score (nSPS) is 12.5. The van der Waals surface area contributed by atoms with Gasteiger partial charge in [0.1, 0.15) is 0 Å². The molecule has 1 N–H and O–H groups in total. The molecule has 2 nitrogen and oxygen atoms in total. The van der Waals surface area contributed by atoms with E-state index < -0.39 is 0 Å². The maximum Gasteiger partial charge on any atom is 0.187 e. The fourth-order valence-corrected chi connectivity index (χ4v) is 1.18. The van der Waals surface area contributed by atoms with Crippen molar-refractivity contribution in [3.63, 3.8) is 0 Å². The third-order valence-electron chi connectivity index (χ3n) is 2.28. The van der Waals surface area contributed by atoms with Crippen LogP contribution >= 0.6 is 0 Å². The Hall–Kier alpha value is -1.33. The zero-order chi connectivity index (χ0) is 10.6. The third-order valence-corrected chi connectivity index (χ3v) is 2.28. The molecule has 0 aliphatic carbocycles. The Morgan fingerprint density at radius 1 is 1.29 bits per heavy atom. The summed E-state index contributed by atoms with van der Waals surface area (Å²) in [4.78, 5) is 3.31.